The molecule has 126 heavy (non-hydrogen) atoms. The van der Waals surface area contributed by atoms with E-state index in [1.54, 1.807) is 156 Å². The van der Waals surface area contributed by atoms with E-state index < -0.39 is 7.12 Å². The molecule has 37 heteroatoms. The number of nitrogens with two attached hydrogens (primary N) is 1. The SMILES string of the molecule is Cc1cc2c(cc1[N+](=O)[O-])CN=C2.Cc1cc2c(cc1[N+](=O)[O-])CN=C2Br.Cc1cc2c(cc1[N+](=O)[O-])CN=C2Br.Cc1cc2c(cc1[N+](=O)[O-])CN=C2c1ccncc1.NC(=O)c1ccccc1.O=[N+]([O-])c1cc2c(cc1CBr)C(c1ccncc1)=NC2.O=[N+]([O-])c1cc2c(cc1CCCc1ccccc1)C(c1ccncc1)=NC2.OB(O)c1ccncc1.[Zn]. The zero-order valence-corrected chi connectivity index (χ0v) is 75.7. The Hall–Kier alpha value is -13.7. The summed E-state index contributed by atoms with van der Waals surface area (Å²) in [4.78, 5) is 116. The van der Waals surface area contributed by atoms with E-state index >= 15 is 0 Å². The Morgan fingerprint density at radius 2 is 0.722 bits per heavy atom. The minimum atomic E-state index is -1.38. The maximum Gasteiger partial charge on any atom is 0.488 e. The second-order valence-corrected chi connectivity index (χ2v) is 30.4. The Morgan fingerprint density at radius 3 is 1.09 bits per heavy atom. The first-order valence-corrected chi connectivity index (χ1v) is 41.0. The van der Waals surface area contributed by atoms with Crippen LogP contribution in [0.25, 0.3) is 0 Å². The number of rotatable bonds is 16. The first kappa shape index (κ1) is 94.5. The third kappa shape index (κ3) is 24.2. The summed E-state index contributed by atoms with van der Waals surface area (Å²) in [7, 11) is -1.38. The van der Waals surface area contributed by atoms with E-state index in [0.29, 0.717) is 89.9 Å². The molecule has 8 aromatic carbocycles. The fourth-order valence-corrected chi connectivity index (χ4v) is 15.2. The molecule has 4 aromatic heterocycles. The minimum Gasteiger partial charge on any atom is -0.423 e. The maximum atomic E-state index is 11.6. The van der Waals surface area contributed by atoms with Crippen LogP contribution < -0.4 is 11.2 Å². The van der Waals surface area contributed by atoms with Crippen LogP contribution in [0.15, 0.2) is 262 Å². The average molecular weight is 1940 g/mol. The maximum absolute atomic E-state index is 11.6. The molecule has 0 spiro atoms. The van der Waals surface area contributed by atoms with Gasteiger partial charge in [0.2, 0.25) is 5.91 Å². The molecule has 0 bridgehead atoms. The number of halogens is 3. The standard InChI is InChI=1S/C22H19N3O2.C14H10BrN3O2.C14H11N3O2.2C9H7BrN2O2.C9H8N2O2.C7H7NO.C5H6BNO2.Zn/c26-25(27)21-14-19-15-24-22(17-9-11-23-12-10-17)20(19)13-18(21)8-4-7-16-5-2-1-3-6-16;15-7-10-5-12-11(6-13(10)18(19)20)8-17-14(12)9-1-3-16-4-2-9;1-9-6-12-11(7-13(9)17(18)19)8-16-14(12)10-2-4-15-5-3-10;2*1-5-2-7-6(4-11-9(7)10)3-8(5)12(13)14;1-6-2-7-4-10-5-8(7)3-9(6)11(12)13;8-7(9)6-4-2-1-3-5-6;8-6(9)5-1-3-7-4-2-5;/h1-3,5-6,9-14H,4,7-8,15H2;1-6H,7-8H2;2-7H,8H2,1H3;2*2-3H,4H2,1H3;2-4H,5H2,1H3;1-5H,(H2,8,9);1-4,8-9H;. The van der Waals surface area contributed by atoms with Crippen LogP contribution >= 0.6 is 47.8 Å². The summed E-state index contributed by atoms with van der Waals surface area (Å²) < 4.78 is 1.57. The van der Waals surface area contributed by atoms with E-state index in [-0.39, 0.29) is 89.0 Å². The Bertz CT molecular complexity index is 6220. The van der Waals surface area contributed by atoms with Crippen LogP contribution in [-0.4, -0.2) is 105 Å². The predicted molar refractivity (Wildman–Crippen MR) is 488 cm³/mol. The second-order valence-electron chi connectivity index (χ2n) is 28.3. The monoisotopic (exact) mass is 1930 g/mol. The van der Waals surface area contributed by atoms with E-state index in [0.717, 1.165) is 128 Å². The molecular weight excluding hydrogens is 1860 g/mol. The number of primary amides is 1. The van der Waals surface area contributed by atoms with Gasteiger partial charge in [-0.15, -0.1) is 0 Å². The van der Waals surface area contributed by atoms with Crippen LogP contribution in [0, 0.1) is 88.4 Å². The Morgan fingerprint density at radius 1 is 0.397 bits per heavy atom. The molecule has 6 aliphatic rings. The minimum absolute atomic E-state index is 0. The largest absolute Gasteiger partial charge is 0.488 e. The average Bonchev–Trinajstić information content (AvgIpc) is 1.64. The molecule has 632 valence electrons. The summed E-state index contributed by atoms with van der Waals surface area (Å²) >= 11 is 9.93. The summed E-state index contributed by atoms with van der Waals surface area (Å²) in [6.07, 6.45) is 17.6. The van der Waals surface area contributed by atoms with Crippen molar-refractivity contribution in [1.29, 1.82) is 0 Å². The van der Waals surface area contributed by atoms with Crippen molar-refractivity contribution in [2.24, 2.45) is 35.7 Å². The number of aliphatic imine (C=N–C) groups is 6. The van der Waals surface area contributed by atoms with Gasteiger partial charge < -0.3 is 15.8 Å². The van der Waals surface area contributed by atoms with E-state index in [4.69, 9.17) is 15.8 Å². The van der Waals surface area contributed by atoms with Gasteiger partial charge in [0.25, 0.3) is 34.1 Å². The van der Waals surface area contributed by atoms with Gasteiger partial charge in [-0.3, -0.25) is 115 Å². The second kappa shape index (κ2) is 44.6. The number of benzene rings is 8. The van der Waals surface area contributed by atoms with E-state index in [1.165, 1.54) is 18.0 Å². The van der Waals surface area contributed by atoms with Gasteiger partial charge in [0.05, 0.1) is 85.9 Å². The number of nitrogens with zero attached hydrogens (tertiary/aromatic N) is 16. The third-order valence-electron chi connectivity index (χ3n) is 20.0. The van der Waals surface area contributed by atoms with Crippen molar-refractivity contribution >= 4 is 133 Å². The quantitative estimate of drug-likeness (QED) is 0.0350. The van der Waals surface area contributed by atoms with Gasteiger partial charge in [0.1, 0.15) is 9.24 Å². The number of alkyl halides is 1. The molecule has 0 atom stereocenters. The van der Waals surface area contributed by atoms with Gasteiger partial charge in [-0.2, -0.15) is 0 Å². The third-order valence-corrected chi connectivity index (χ3v) is 22.0. The molecule has 12 aromatic rings. The van der Waals surface area contributed by atoms with Crippen LogP contribution in [0.2, 0.25) is 0 Å². The zero-order chi connectivity index (χ0) is 89.5. The topological polar surface area (TPSA) is 468 Å². The molecular formula is C89H75BBr3N17O15Zn. The molecule has 0 saturated carbocycles. The molecule has 0 radical (unpaired) electrons. The van der Waals surface area contributed by atoms with Crippen molar-refractivity contribution in [3.63, 3.8) is 0 Å². The normalized spacial score (nSPS) is 12.4. The van der Waals surface area contributed by atoms with Gasteiger partial charge in [0.15, 0.2) is 0 Å². The molecule has 0 unspecified atom stereocenters. The molecule has 0 fully saturated rings. The van der Waals surface area contributed by atoms with Crippen LogP contribution in [-0.2, 0) is 76.9 Å². The Labute approximate surface area is 758 Å². The first-order chi connectivity index (χ1) is 60.1. The Kier molecular flexibility index (Phi) is 33.4. The summed E-state index contributed by atoms with van der Waals surface area (Å²) in [5, 5.41) is 83.0. The number of nitro groups is 6. The van der Waals surface area contributed by atoms with Crippen molar-refractivity contribution in [2.75, 3.05) is 0 Å². The first-order valence-electron chi connectivity index (χ1n) is 38.3. The summed E-state index contributed by atoms with van der Waals surface area (Å²) in [5.74, 6) is -0.379. The summed E-state index contributed by atoms with van der Waals surface area (Å²) in [5.41, 5.74) is 29.4. The molecule has 6 aliphatic heterocycles. The van der Waals surface area contributed by atoms with Crippen LogP contribution in [0.3, 0.4) is 0 Å². The number of hydrogen-bond donors (Lipinski definition) is 3. The van der Waals surface area contributed by atoms with Crippen molar-refractivity contribution in [3.05, 3.63) is 420 Å². The fourth-order valence-electron chi connectivity index (χ4n) is 13.7. The number of aryl methyl sites for hydroxylation is 6. The summed E-state index contributed by atoms with van der Waals surface area (Å²) in [6, 6.07) is 54.3. The van der Waals surface area contributed by atoms with Gasteiger partial charge in [-0.05, 0) is 226 Å². The van der Waals surface area contributed by atoms with Gasteiger partial charge in [0, 0.05) is 200 Å². The molecule has 18 rings (SSSR count). The number of pyridine rings is 4. The molecule has 32 nitrogen and oxygen atoms in total. The van der Waals surface area contributed by atoms with Gasteiger partial charge in [-0.1, -0.05) is 64.5 Å². The number of amides is 1. The van der Waals surface area contributed by atoms with Crippen molar-refractivity contribution < 1.29 is 63.9 Å². The molecule has 10 heterocycles. The van der Waals surface area contributed by atoms with Crippen molar-refractivity contribution in [2.45, 2.75) is 91.6 Å². The summed E-state index contributed by atoms with van der Waals surface area (Å²) in [6.45, 7) is 10.0. The van der Waals surface area contributed by atoms with E-state index in [2.05, 4.69) is 110 Å². The number of hydrogen-bond acceptors (Lipinski definition) is 25. The molecule has 0 aliphatic carbocycles. The zero-order valence-electron chi connectivity index (χ0n) is 67.9. The fraction of sp³-hybridized carbons (Fsp3) is 0.157. The van der Waals surface area contributed by atoms with Gasteiger partial charge >= 0.3 is 7.12 Å². The van der Waals surface area contributed by atoms with Crippen molar-refractivity contribution in [1.82, 2.24) is 19.9 Å². The van der Waals surface area contributed by atoms with Gasteiger partial charge in [-0.25, -0.2) is 0 Å². The number of aromatic nitrogens is 4. The van der Waals surface area contributed by atoms with Crippen LogP contribution in [0.5, 0.6) is 0 Å². The predicted octanol–water partition coefficient (Wildman–Crippen LogP) is 16.9. The number of fused-ring (bicyclic) bond motifs is 6. The number of carbonyl (C=O) groups is 1. The van der Waals surface area contributed by atoms with Crippen LogP contribution in [0.4, 0.5) is 34.1 Å². The number of carbonyl (C=O) groups excluding carboxylic acids is 1. The Balaban J connectivity index is 0.000000154. The molecule has 1 amide bonds. The van der Waals surface area contributed by atoms with Crippen LogP contribution in [0.1, 0.15) is 139 Å². The van der Waals surface area contributed by atoms with E-state index in [9.17, 15) is 65.5 Å². The van der Waals surface area contributed by atoms with E-state index in [1.807, 2.05) is 84.9 Å². The van der Waals surface area contributed by atoms with Crippen molar-refractivity contribution in [3.8, 4) is 0 Å². The molecule has 4 N–H and O–H groups in total. The molecule has 0 saturated heterocycles. The smallest absolute Gasteiger partial charge is 0.423 e. The number of nitro benzene ring substituents is 6.